The zero-order valence-electron chi connectivity index (χ0n) is 15.1. The molecule has 0 radical (unpaired) electrons. The minimum atomic E-state index is -0.296. The number of piperidine rings is 1. The summed E-state index contributed by atoms with van der Waals surface area (Å²) in [5, 5.41) is 0. The first kappa shape index (κ1) is 17.7. The molecule has 2 saturated heterocycles. The summed E-state index contributed by atoms with van der Waals surface area (Å²) >= 11 is 0. The molecule has 1 atom stereocenters. The molecule has 0 aromatic heterocycles. The number of rotatable bonds is 5. The molecular weight excluding hydrogens is 304 g/mol. The Bertz CT molecular complexity index is 462. The molecule has 2 amide bonds. The number of amides is 2. The lowest BCUT2D eigenvalue weighted by Crippen LogP contribution is -2.51. The van der Waals surface area contributed by atoms with Crippen LogP contribution in [0.1, 0.15) is 57.8 Å². The molecule has 5 nitrogen and oxygen atoms in total. The lowest BCUT2D eigenvalue weighted by atomic mass is 9.77. The highest BCUT2D eigenvalue weighted by molar-refractivity contribution is 5.86. The third kappa shape index (κ3) is 3.76. The Kier molecular flexibility index (Phi) is 5.80. The van der Waals surface area contributed by atoms with Crippen molar-refractivity contribution in [3.63, 3.8) is 0 Å². The summed E-state index contributed by atoms with van der Waals surface area (Å²) in [6.45, 7) is 3.66. The van der Waals surface area contributed by atoms with Crippen LogP contribution >= 0.6 is 0 Å². The van der Waals surface area contributed by atoms with Crippen LogP contribution in [0.25, 0.3) is 0 Å². The van der Waals surface area contributed by atoms with Gasteiger partial charge in [0.2, 0.25) is 11.8 Å². The highest BCUT2D eigenvalue weighted by Crippen LogP contribution is 2.41. The van der Waals surface area contributed by atoms with E-state index in [4.69, 9.17) is 4.74 Å². The van der Waals surface area contributed by atoms with Gasteiger partial charge in [-0.1, -0.05) is 19.3 Å². The molecule has 3 aliphatic rings. The quantitative estimate of drug-likeness (QED) is 0.775. The second kappa shape index (κ2) is 7.85. The van der Waals surface area contributed by atoms with Gasteiger partial charge in [-0.2, -0.15) is 0 Å². The molecule has 2 aliphatic heterocycles. The maximum atomic E-state index is 13.2. The van der Waals surface area contributed by atoms with Crippen LogP contribution in [0.4, 0.5) is 0 Å². The lowest BCUT2D eigenvalue weighted by Gasteiger charge is -2.41. The fourth-order valence-electron chi connectivity index (χ4n) is 4.82. The van der Waals surface area contributed by atoms with Crippen LogP contribution in [0, 0.1) is 11.3 Å². The van der Waals surface area contributed by atoms with Gasteiger partial charge in [0.15, 0.2) is 0 Å². The van der Waals surface area contributed by atoms with Crippen LogP contribution in [0.2, 0.25) is 0 Å². The highest BCUT2D eigenvalue weighted by atomic mass is 16.5. The molecule has 3 fully saturated rings. The van der Waals surface area contributed by atoms with Gasteiger partial charge in [-0.05, 0) is 38.0 Å². The van der Waals surface area contributed by atoms with Crippen LogP contribution in [-0.2, 0) is 14.3 Å². The molecule has 0 N–H and O–H groups in total. The molecule has 0 aromatic carbocycles. The summed E-state index contributed by atoms with van der Waals surface area (Å²) in [7, 11) is 1.62. The van der Waals surface area contributed by atoms with Crippen molar-refractivity contribution < 1.29 is 14.3 Å². The summed E-state index contributed by atoms with van der Waals surface area (Å²) in [5.74, 6) is 1.14. The topological polar surface area (TPSA) is 49.9 Å². The number of likely N-dealkylation sites (tertiary alicyclic amines) is 2. The second-order valence-electron chi connectivity index (χ2n) is 7.95. The SMILES string of the molecule is COCCC(=O)N1CC[C@]2(CCCN(CC3CCCCC3)C2=O)C1. The van der Waals surface area contributed by atoms with E-state index >= 15 is 0 Å². The van der Waals surface area contributed by atoms with Crippen molar-refractivity contribution in [1.29, 1.82) is 0 Å². The second-order valence-corrected chi connectivity index (χ2v) is 7.95. The van der Waals surface area contributed by atoms with Gasteiger partial charge in [-0.3, -0.25) is 9.59 Å². The van der Waals surface area contributed by atoms with Gasteiger partial charge in [0.25, 0.3) is 0 Å². The van der Waals surface area contributed by atoms with E-state index in [2.05, 4.69) is 4.90 Å². The predicted octanol–water partition coefficient (Wildman–Crippen LogP) is 2.44. The first-order valence-electron chi connectivity index (χ1n) is 9.71. The Morgan fingerprint density at radius 1 is 1.17 bits per heavy atom. The minimum absolute atomic E-state index is 0.130. The van der Waals surface area contributed by atoms with Crippen molar-refractivity contribution in [2.45, 2.75) is 57.8 Å². The average molecular weight is 336 g/mol. The fourth-order valence-corrected chi connectivity index (χ4v) is 4.82. The van der Waals surface area contributed by atoms with Crippen LogP contribution in [0.3, 0.4) is 0 Å². The predicted molar refractivity (Wildman–Crippen MR) is 92.5 cm³/mol. The van der Waals surface area contributed by atoms with Gasteiger partial charge >= 0.3 is 0 Å². The summed E-state index contributed by atoms with van der Waals surface area (Å²) in [5.41, 5.74) is -0.296. The van der Waals surface area contributed by atoms with Crippen molar-refractivity contribution in [3.05, 3.63) is 0 Å². The van der Waals surface area contributed by atoms with E-state index in [0.717, 1.165) is 38.9 Å². The number of hydrogen-bond donors (Lipinski definition) is 0. The molecular formula is C19H32N2O3. The third-order valence-corrected chi connectivity index (χ3v) is 6.25. The molecule has 0 unspecified atom stereocenters. The van der Waals surface area contributed by atoms with Gasteiger partial charge in [0.1, 0.15) is 0 Å². The molecule has 5 heteroatoms. The summed E-state index contributed by atoms with van der Waals surface area (Å²) < 4.78 is 5.01. The van der Waals surface area contributed by atoms with Gasteiger partial charge in [0.05, 0.1) is 18.4 Å². The van der Waals surface area contributed by atoms with Crippen molar-refractivity contribution in [2.24, 2.45) is 11.3 Å². The average Bonchev–Trinajstić information content (AvgIpc) is 3.03. The zero-order valence-corrected chi connectivity index (χ0v) is 15.1. The van der Waals surface area contributed by atoms with Crippen LogP contribution < -0.4 is 0 Å². The normalized spacial score (nSPS) is 28.8. The Balaban J connectivity index is 1.59. The molecule has 2 heterocycles. The van der Waals surface area contributed by atoms with Crippen LogP contribution in [-0.4, -0.2) is 61.5 Å². The number of methoxy groups -OCH3 is 1. The molecule has 3 rings (SSSR count). The van der Waals surface area contributed by atoms with E-state index in [1.807, 2.05) is 4.90 Å². The van der Waals surface area contributed by atoms with E-state index < -0.39 is 0 Å². The third-order valence-electron chi connectivity index (χ3n) is 6.25. The largest absolute Gasteiger partial charge is 0.384 e. The maximum absolute atomic E-state index is 13.2. The van der Waals surface area contributed by atoms with E-state index in [9.17, 15) is 9.59 Å². The van der Waals surface area contributed by atoms with Crippen molar-refractivity contribution >= 4 is 11.8 Å². The maximum Gasteiger partial charge on any atom is 0.230 e. The first-order valence-corrected chi connectivity index (χ1v) is 9.71. The molecule has 0 aromatic rings. The highest BCUT2D eigenvalue weighted by Gasteiger charge is 2.49. The van der Waals surface area contributed by atoms with Crippen molar-refractivity contribution in [2.75, 3.05) is 39.9 Å². The Morgan fingerprint density at radius 3 is 2.71 bits per heavy atom. The van der Waals surface area contributed by atoms with E-state index in [0.29, 0.717) is 31.4 Å². The molecule has 136 valence electrons. The summed E-state index contributed by atoms with van der Waals surface area (Å²) in [6, 6.07) is 0. The van der Waals surface area contributed by atoms with Gasteiger partial charge in [-0.15, -0.1) is 0 Å². The van der Waals surface area contributed by atoms with E-state index in [1.54, 1.807) is 7.11 Å². The standard InChI is InChI=1S/C19H32N2O3/c1-24-13-8-17(22)21-12-10-19(15-21)9-5-11-20(18(19)23)14-16-6-3-2-4-7-16/h16H,2-15H2,1H3/t19-/m1/s1. The zero-order chi connectivity index (χ0) is 17.0. The minimum Gasteiger partial charge on any atom is -0.384 e. The molecule has 1 saturated carbocycles. The summed E-state index contributed by atoms with van der Waals surface area (Å²) in [4.78, 5) is 29.4. The molecule has 1 spiro atoms. The monoisotopic (exact) mass is 336 g/mol. The van der Waals surface area contributed by atoms with Crippen molar-refractivity contribution in [1.82, 2.24) is 9.80 Å². The Labute approximate surface area is 145 Å². The fraction of sp³-hybridized carbons (Fsp3) is 0.895. The van der Waals surface area contributed by atoms with E-state index in [-0.39, 0.29) is 11.3 Å². The van der Waals surface area contributed by atoms with E-state index in [1.165, 1.54) is 32.1 Å². The number of hydrogen-bond acceptors (Lipinski definition) is 3. The smallest absolute Gasteiger partial charge is 0.230 e. The van der Waals surface area contributed by atoms with Crippen LogP contribution in [0.15, 0.2) is 0 Å². The number of nitrogens with zero attached hydrogens (tertiary/aromatic N) is 2. The van der Waals surface area contributed by atoms with Gasteiger partial charge < -0.3 is 14.5 Å². The summed E-state index contributed by atoms with van der Waals surface area (Å²) in [6.07, 6.45) is 9.83. The Hall–Kier alpha value is -1.10. The molecule has 0 bridgehead atoms. The number of carbonyl (C=O) groups excluding carboxylic acids is 2. The molecule has 24 heavy (non-hydrogen) atoms. The Morgan fingerprint density at radius 2 is 1.96 bits per heavy atom. The van der Waals surface area contributed by atoms with Crippen molar-refractivity contribution in [3.8, 4) is 0 Å². The first-order chi connectivity index (χ1) is 11.6. The van der Waals surface area contributed by atoms with Crippen LogP contribution in [0.5, 0.6) is 0 Å². The molecule has 1 aliphatic carbocycles. The van der Waals surface area contributed by atoms with Gasteiger partial charge in [0, 0.05) is 33.3 Å². The number of ether oxygens (including phenoxy) is 1. The lowest BCUT2D eigenvalue weighted by molar-refractivity contribution is -0.147. The number of carbonyl (C=O) groups is 2. The van der Waals surface area contributed by atoms with Gasteiger partial charge in [-0.25, -0.2) is 0 Å².